The van der Waals surface area contributed by atoms with Crippen LogP contribution in [0.3, 0.4) is 0 Å². The fourth-order valence-corrected chi connectivity index (χ4v) is 3.14. The Morgan fingerprint density at radius 2 is 1.85 bits per heavy atom. The van der Waals surface area contributed by atoms with Crippen LogP contribution in [0.25, 0.3) is 11.5 Å². The largest absolute Gasteiger partial charge is 0.497 e. The molecule has 1 aromatic heterocycles. The lowest BCUT2D eigenvalue weighted by molar-refractivity contribution is -0.113. The summed E-state index contributed by atoms with van der Waals surface area (Å²) in [6, 6.07) is 12.7. The molecule has 0 aliphatic carbocycles. The summed E-state index contributed by atoms with van der Waals surface area (Å²) in [4.78, 5) is 12.1. The second kappa shape index (κ2) is 8.92. The molecule has 0 radical (unpaired) electrons. The molecule has 140 valence electrons. The number of thioether (sulfide) groups is 1. The number of carbonyl (C=O) groups excluding carboxylic acids is 1. The Bertz CT molecular complexity index is 926. The summed E-state index contributed by atoms with van der Waals surface area (Å²) in [5.41, 5.74) is 1.38. The Morgan fingerprint density at radius 3 is 2.52 bits per heavy atom. The molecule has 0 aliphatic heterocycles. The summed E-state index contributed by atoms with van der Waals surface area (Å²) in [5, 5.41) is 11.1. The van der Waals surface area contributed by atoms with E-state index < -0.39 is 0 Å². The van der Waals surface area contributed by atoms with Gasteiger partial charge < -0.3 is 19.2 Å². The minimum Gasteiger partial charge on any atom is -0.497 e. The average molecular weight is 450 g/mol. The molecule has 0 spiro atoms. The van der Waals surface area contributed by atoms with Gasteiger partial charge in [0.1, 0.15) is 11.5 Å². The van der Waals surface area contributed by atoms with Crippen molar-refractivity contribution in [3.05, 3.63) is 46.9 Å². The maximum atomic E-state index is 12.1. The first-order chi connectivity index (χ1) is 13.1. The van der Waals surface area contributed by atoms with Gasteiger partial charge >= 0.3 is 0 Å². The molecule has 3 rings (SSSR count). The van der Waals surface area contributed by atoms with Crippen LogP contribution >= 0.6 is 27.7 Å². The van der Waals surface area contributed by atoms with Gasteiger partial charge in [-0.2, -0.15) is 0 Å². The van der Waals surface area contributed by atoms with Crippen LogP contribution in [0.5, 0.6) is 11.5 Å². The minimum absolute atomic E-state index is 0.143. The van der Waals surface area contributed by atoms with Crippen LogP contribution in [0.2, 0.25) is 0 Å². The van der Waals surface area contributed by atoms with Crippen molar-refractivity contribution >= 4 is 39.3 Å². The number of ether oxygens (including phenoxy) is 2. The summed E-state index contributed by atoms with van der Waals surface area (Å²) in [7, 11) is 3.13. The van der Waals surface area contributed by atoms with Gasteiger partial charge in [-0.05, 0) is 40.2 Å². The molecular formula is C18H16BrN3O4S. The predicted molar refractivity (Wildman–Crippen MR) is 106 cm³/mol. The van der Waals surface area contributed by atoms with Crippen LogP contribution in [-0.4, -0.2) is 36.1 Å². The highest BCUT2D eigenvalue weighted by molar-refractivity contribution is 9.10. The van der Waals surface area contributed by atoms with Gasteiger partial charge in [0, 0.05) is 16.1 Å². The molecule has 7 nitrogen and oxygen atoms in total. The molecule has 0 unspecified atom stereocenters. The molecule has 2 aromatic carbocycles. The summed E-state index contributed by atoms with van der Waals surface area (Å²) in [6.07, 6.45) is 0. The molecule has 1 amide bonds. The molecule has 1 heterocycles. The smallest absolute Gasteiger partial charge is 0.277 e. The number of anilines is 1. The Labute approximate surface area is 168 Å². The lowest BCUT2D eigenvalue weighted by Crippen LogP contribution is -2.14. The number of nitrogens with zero attached hydrogens (tertiary/aromatic N) is 2. The fourth-order valence-electron chi connectivity index (χ4n) is 2.19. The van der Waals surface area contributed by atoms with Crippen molar-refractivity contribution in [2.45, 2.75) is 5.22 Å². The fraction of sp³-hybridized carbons (Fsp3) is 0.167. The van der Waals surface area contributed by atoms with E-state index in [1.807, 2.05) is 24.3 Å². The number of methoxy groups -OCH3 is 2. The first-order valence-electron chi connectivity index (χ1n) is 7.83. The summed E-state index contributed by atoms with van der Waals surface area (Å²) in [5.74, 6) is 1.52. The zero-order valence-electron chi connectivity index (χ0n) is 14.6. The number of nitrogens with one attached hydrogen (secondary N) is 1. The van der Waals surface area contributed by atoms with Crippen LogP contribution in [0.15, 0.2) is 56.6 Å². The van der Waals surface area contributed by atoms with E-state index in [2.05, 4.69) is 31.4 Å². The van der Waals surface area contributed by atoms with Gasteiger partial charge in [-0.1, -0.05) is 23.9 Å². The first-order valence-corrected chi connectivity index (χ1v) is 9.61. The van der Waals surface area contributed by atoms with Crippen molar-refractivity contribution in [1.82, 2.24) is 10.2 Å². The molecule has 0 bridgehead atoms. The van der Waals surface area contributed by atoms with E-state index in [1.54, 1.807) is 32.4 Å². The SMILES string of the molecule is COc1cc(OC)cc(-c2nnc(SCC(=O)Nc3ccccc3Br)o2)c1. The number of aromatic nitrogens is 2. The zero-order chi connectivity index (χ0) is 19.2. The predicted octanol–water partition coefficient (Wildman–Crippen LogP) is 4.25. The van der Waals surface area contributed by atoms with Crippen LogP contribution < -0.4 is 14.8 Å². The molecule has 0 saturated carbocycles. The number of amides is 1. The van der Waals surface area contributed by atoms with Crippen molar-refractivity contribution in [3.8, 4) is 23.0 Å². The van der Waals surface area contributed by atoms with Crippen LogP contribution in [0.4, 0.5) is 5.69 Å². The van der Waals surface area contributed by atoms with E-state index >= 15 is 0 Å². The third-order valence-electron chi connectivity index (χ3n) is 3.48. The van der Waals surface area contributed by atoms with E-state index in [1.165, 1.54) is 0 Å². The van der Waals surface area contributed by atoms with E-state index in [9.17, 15) is 4.79 Å². The highest BCUT2D eigenvalue weighted by Crippen LogP contribution is 2.30. The number of carbonyl (C=O) groups is 1. The van der Waals surface area contributed by atoms with E-state index in [-0.39, 0.29) is 11.7 Å². The van der Waals surface area contributed by atoms with Gasteiger partial charge in [-0.25, -0.2) is 0 Å². The van der Waals surface area contributed by atoms with Crippen molar-refractivity contribution in [3.63, 3.8) is 0 Å². The van der Waals surface area contributed by atoms with Crippen molar-refractivity contribution in [2.24, 2.45) is 0 Å². The minimum atomic E-state index is -0.172. The number of para-hydroxylation sites is 1. The van der Waals surface area contributed by atoms with E-state index in [0.29, 0.717) is 33.9 Å². The second-order valence-electron chi connectivity index (χ2n) is 5.29. The summed E-state index contributed by atoms with van der Waals surface area (Å²) >= 11 is 4.55. The number of hydrogen-bond donors (Lipinski definition) is 1. The molecule has 1 N–H and O–H groups in total. The Hall–Kier alpha value is -2.52. The molecule has 3 aromatic rings. The quantitative estimate of drug-likeness (QED) is 0.539. The number of benzene rings is 2. The topological polar surface area (TPSA) is 86.5 Å². The zero-order valence-corrected chi connectivity index (χ0v) is 17.0. The van der Waals surface area contributed by atoms with Gasteiger partial charge in [0.2, 0.25) is 11.8 Å². The van der Waals surface area contributed by atoms with Gasteiger partial charge in [0.15, 0.2) is 0 Å². The van der Waals surface area contributed by atoms with Crippen molar-refractivity contribution in [1.29, 1.82) is 0 Å². The molecule has 0 atom stereocenters. The standard InChI is InChI=1S/C18H16BrN3O4S/c1-24-12-7-11(8-13(9-12)25-2)17-21-22-18(26-17)27-10-16(23)20-15-6-4-3-5-14(15)19/h3-9H,10H2,1-2H3,(H,20,23). The number of rotatable bonds is 7. The van der Waals surface area contributed by atoms with Gasteiger partial charge in [-0.15, -0.1) is 10.2 Å². The maximum Gasteiger partial charge on any atom is 0.277 e. The Balaban J connectivity index is 1.64. The Kier molecular flexibility index (Phi) is 6.36. The van der Waals surface area contributed by atoms with E-state index in [0.717, 1.165) is 16.2 Å². The molecule has 27 heavy (non-hydrogen) atoms. The average Bonchev–Trinajstić information content (AvgIpc) is 3.17. The Morgan fingerprint density at radius 1 is 1.15 bits per heavy atom. The molecule has 9 heteroatoms. The van der Waals surface area contributed by atoms with Gasteiger partial charge in [0.25, 0.3) is 5.22 Å². The molecule has 0 saturated heterocycles. The van der Waals surface area contributed by atoms with Crippen LogP contribution in [0.1, 0.15) is 0 Å². The maximum absolute atomic E-state index is 12.1. The third-order valence-corrected chi connectivity index (χ3v) is 4.99. The van der Waals surface area contributed by atoms with Crippen molar-refractivity contribution in [2.75, 3.05) is 25.3 Å². The molecule has 0 aliphatic rings. The number of halogens is 1. The van der Waals surface area contributed by atoms with Crippen LogP contribution in [-0.2, 0) is 4.79 Å². The third kappa shape index (κ3) is 5.01. The first kappa shape index (κ1) is 19.2. The molecule has 0 fully saturated rings. The highest BCUT2D eigenvalue weighted by Gasteiger charge is 2.14. The van der Waals surface area contributed by atoms with Crippen molar-refractivity contribution < 1.29 is 18.7 Å². The summed E-state index contributed by atoms with van der Waals surface area (Å²) in [6.45, 7) is 0. The molecular weight excluding hydrogens is 434 g/mol. The lowest BCUT2D eigenvalue weighted by Gasteiger charge is -2.06. The van der Waals surface area contributed by atoms with Gasteiger partial charge in [0.05, 0.1) is 25.7 Å². The highest BCUT2D eigenvalue weighted by atomic mass is 79.9. The monoisotopic (exact) mass is 449 g/mol. The van der Waals surface area contributed by atoms with Crippen LogP contribution in [0, 0.1) is 0 Å². The summed E-state index contributed by atoms with van der Waals surface area (Å²) < 4.78 is 16.9. The van der Waals surface area contributed by atoms with E-state index in [4.69, 9.17) is 13.9 Å². The lowest BCUT2D eigenvalue weighted by atomic mass is 10.2. The second-order valence-corrected chi connectivity index (χ2v) is 7.07. The normalized spacial score (nSPS) is 10.5. The number of hydrogen-bond acceptors (Lipinski definition) is 7. The van der Waals surface area contributed by atoms with Gasteiger partial charge in [-0.3, -0.25) is 4.79 Å².